The highest BCUT2D eigenvalue weighted by molar-refractivity contribution is 6.02. The van der Waals surface area contributed by atoms with E-state index in [1.54, 1.807) is 0 Å². The molecule has 2 aliphatic rings. The number of amides is 1. The summed E-state index contributed by atoms with van der Waals surface area (Å²) in [7, 11) is 0. The Bertz CT molecular complexity index is 288. The SMILES string of the molecule is CC1CC(C)CC2(C1)OC(=O)N=C2N. The van der Waals surface area contributed by atoms with E-state index in [1.807, 2.05) is 0 Å². The van der Waals surface area contributed by atoms with Crippen molar-refractivity contribution in [1.82, 2.24) is 0 Å². The van der Waals surface area contributed by atoms with E-state index in [-0.39, 0.29) is 0 Å². The Hall–Kier alpha value is -1.06. The molecular weight excluding hydrogens is 180 g/mol. The minimum Gasteiger partial charge on any atom is -0.433 e. The Labute approximate surface area is 83.5 Å². The zero-order chi connectivity index (χ0) is 10.3. The van der Waals surface area contributed by atoms with Crippen molar-refractivity contribution >= 4 is 11.9 Å². The predicted molar refractivity (Wildman–Crippen MR) is 53.0 cm³/mol. The van der Waals surface area contributed by atoms with Crippen LogP contribution in [-0.2, 0) is 4.74 Å². The van der Waals surface area contributed by atoms with E-state index >= 15 is 0 Å². The van der Waals surface area contributed by atoms with Crippen molar-refractivity contribution in [3.05, 3.63) is 0 Å². The van der Waals surface area contributed by atoms with Crippen molar-refractivity contribution in [2.45, 2.75) is 38.7 Å². The van der Waals surface area contributed by atoms with Crippen LogP contribution in [0.1, 0.15) is 33.1 Å². The number of nitrogens with two attached hydrogens (primary N) is 1. The topological polar surface area (TPSA) is 64.7 Å². The maximum absolute atomic E-state index is 11.1. The number of amidine groups is 1. The highest BCUT2D eigenvalue weighted by Gasteiger charge is 2.48. The van der Waals surface area contributed by atoms with Crippen LogP contribution < -0.4 is 5.73 Å². The maximum atomic E-state index is 11.1. The Kier molecular flexibility index (Phi) is 2.01. The summed E-state index contributed by atoms with van der Waals surface area (Å²) in [6, 6.07) is 0. The van der Waals surface area contributed by atoms with Gasteiger partial charge in [0.05, 0.1) is 0 Å². The fourth-order valence-electron chi connectivity index (χ4n) is 2.80. The molecule has 0 aromatic heterocycles. The first kappa shape index (κ1) is 9.49. The summed E-state index contributed by atoms with van der Waals surface area (Å²) < 4.78 is 5.28. The molecule has 1 amide bonds. The van der Waals surface area contributed by atoms with E-state index in [1.165, 1.54) is 6.42 Å². The molecule has 0 saturated heterocycles. The fraction of sp³-hybridized carbons (Fsp3) is 0.800. The van der Waals surface area contributed by atoms with Gasteiger partial charge >= 0.3 is 6.09 Å². The number of hydrogen-bond donors (Lipinski definition) is 1. The summed E-state index contributed by atoms with van der Waals surface area (Å²) in [5.41, 5.74) is 5.19. The van der Waals surface area contributed by atoms with Gasteiger partial charge in [0.25, 0.3) is 0 Å². The number of hydrogen-bond acceptors (Lipinski definition) is 3. The van der Waals surface area contributed by atoms with Crippen molar-refractivity contribution in [2.75, 3.05) is 0 Å². The Morgan fingerprint density at radius 2 is 2.00 bits per heavy atom. The molecular formula is C10H16N2O2. The second-order valence-electron chi connectivity index (χ2n) is 4.71. The van der Waals surface area contributed by atoms with Gasteiger partial charge in [0.2, 0.25) is 0 Å². The maximum Gasteiger partial charge on any atom is 0.436 e. The van der Waals surface area contributed by atoms with E-state index in [0.717, 1.165) is 12.8 Å². The number of carbonyl (C=O) groups is 1. The molecule has 1 aliphatic heterocycles. The van der Waals surface area contributed by atoms with E-state index in [2.05, 4.69) is 18.8 Å². The summed E-state index contributed by atoms with van der Waals surface area (Å²) in [6.07, 6.45) is 2.28. The summed E-state index contributed by atoms with van der Waals surface area (Å²) in [4.78, 5) is 14.7. The largest absolute Gasteiger partial charge is 0.436 e. The second kappa shape index (κ2) is 2.97. The van der Waals surface area contributed by atoms with Crippen LogP contribution in [0.4, 0.5) is 4.79 Å². The van der Waals surface area contributed by atoms with Crippen LogP contribution in [0, 0.1) is 11.8 Å². The van der Waals surface area contributed by atoms with Crippen molar-refractivity contribution in [3.63, 3.8) is 0 Å². The number of aliphatic imine (C=N–C) groups is 1. The number of ether oxygens (including phenoxy) is 1. The van der Waals surface area contributed by atoms with Gasteiger partial charge < -0.3 is 10.5 Å². The van der Waals surface area contributed by atoms with E-state index < -0.39 is 11.7 Å². The lowest BCUT2D eigenvalue weighted by Crippen LogP contribution is -2.48. The average Bonchev–Trinajstić information content (AvgIpc) is 2.23. The molecule has 1 spiro atoms. The van der Waals surface area contributed by atoms with Crippen molar-refractivity contribution in [1.29, 1.82) is 0 Å². The molecule has 14 heavy (non-hydrogen) atoms. The molecule has 0 aromatic rings. The molecule has 0 bridgehead atoms. The first-order chi connectivity index (χ1) is 6.52. The molecule has 1 heterocycles. The second-order valence-corrected chi connectivity index (χ2v) is 4.71. The third kappa shape index (κ3) is 1.38. The van der Waals surface area contributed by atoms with Crippen LogP contribution in [-0.4, -0.2) is 17.5 Å². The average molecular weight is 196 g/mol. The Morgan fingerprint density at radius 3 is 2.43 bits per heavy atom. The van der Waals surface area contributed by atoms with Gasteiger partial charge in [-0.1, -0.05) is 13.8 Å². The Balaban J connectivity index is 2.24. The van der Waals surface area contributed by atoms with Gasteiger partial charge in [-0.3, -0.25) is 0 Å². The molecule has 0 radical (unpaired) electrons. The lowest BCUT2D eigenvalue weighted by atomic mass is 9.73. The molecule has 1 fully saturated rings. The Morgan fingerprint density at radius 1 is 1.43 bits per heavy atom. The number of nitrogens with zero attached hydrogens (tertiary/aromatic N) is 1. The highest BCUT2D eigenvalue weighted by atomic mass is 16.6. The monoisotopic (exact) mass is 196 g/mol. The van der Waals surface area contributed by atoms with Gasteiger partial charge in [0.1, 0.15) is 0 Å². The zero-order valence-corrected chi connectivity index (χ0v) is 8.62. The van der Waals surface area contributed by atoms with Crippen LogP contribution in [0.2, 0.25) is 0 Å². The third-order valence-corrected chi connectivity index (χ3v) is 3.12. The van der Waals surface area contributed by atoms with Crippen LogP contribution in [0.25, 0.3) is 0 Å². The van der Waals surface area contributed by atoms with Gasteiger partial charge in [-0.2, -0.15) is 4.99 Å². The predicted octanol–water partition coefficient (Wildman–Crippen LogP) is 1.69. The molecule has 4 nitrogen and oxygen atoms in total. The van der Waals surface area contributed by atoms with Gasteiger partial charge in [0, 0.05) is 0 Å². The molecule has 1 aliphatic carbocycles. The normalized spacial score (nSPS) is 42.4. The molecule has 2 N–H and O–H groups in total. The molecule has 1 saturated carbocycles. The highest BCUT2D eigenvalue weighted by Crippen LogP contribution is 2.40. The molecule has 0 aromatic carbocycles. The van der Waals surface area contributed by atoms with Gasteiger partial charge in [-0.05, 0) is 31.1 Å². The quantitative estimate of drug-likeness (QED) is 0.641. The molecule has 2 rings (SSSR count). The first-order valence-electron chi connectivity index (χ1n) is 5.09. The molecule has 2 atom stereocenters. The standard InChI is InChI=1S/C10H16N2O2/c1-6-3-7(2)5-10(4-6)8(11)12-9(13)14-10/h6-7H,3-5H2,1-2H3,(H2,11,12,13). The van der Waals surface area contributed by atoms with E-state index in [0.29, 0.717) is 17.7 Å². The van der Waals surface area contributed by atoms with Crippen LogP contribution in [0.3, 0.4) is 0 Å². The van der Waals surface area contributed by atoms with Crippen molar-refractivity contribution < 1.29 is 9.53 Å². The van der Waals surface area contributed by atoms with Crippen molar-refractivity contribution in [2.24, 2.45) is 22.6 Å². The summed E-state index contributed by atoms with van der Waals surface area (Å²) in [5.74, 6) is 1.46. The van der Waals surface area contributed by atoms with Gasteiger partial charge in [-0.15, -0.1) is 0 Å². The van der Waals surface area contributed by atoms with E-state index in [4.69, 9.17) is 10.5 Å². The smallest absolute Gasteiger partial charge is 0.433 e. The van der Waals surface area contributed by atoms with Crippen molar-refractivity contribution in [3.8, 4) is 0 Å². The minimum atomic E-state index is -0.575. The first-order valence-corrected chi connectivity index (χ1v) is 5.09. The van der Waals surface area contributed by atoms with E-state index in [9.17, 15) is 4.79 Å². The summed E-state index contributed by atoms with van der Waals surface area (Å²) >= 11 is 0. The fourth-order valence-corrected chi connectivity index (χ4v) is 2.80. The zero-order valence-electron chi connectivity index (χ0n) is 8.62. The lowest BCUT2D eigenvalue weighted by molar-refractivity contribution is 0.0207. The van der Waals surface area contributed by atoms with Crippen LogP contribution in [0.15, 0.2) is 4.99 Å². The lowest BCUT2D eigenvalue weighted by Gasteiger charge is -2.38. The number of carbonyl (C=O) groups excluding carboxylic acids is 1. The van der Waals surface area contributed by atoms with Gasteiger partial charge in [-0.25, -0.2) is 4.79 Å². The van der Waals surface area contributed by atoms with Gasteiger partial charge in [0.15, 0.2) is 11.4 Å². The summed E-state index contributed by atoms with van der Waals surface area (Å²) in [6.45, 7) is 4.33. The third-order valence-electron chi connectivity index (χ3n) is 3.12. The number of rotatable bonds is 0. The van der Waals surface area contributed by atoms with Crippen LogP contribution >= 0.6 is 0 Å². The minimum absolute atomic E-state index is 0.376. The molecule has 78 valence electrons. The molecule has 4 heteroatoms. The van der Waals surface area contributed by atoms with Crippen LogP contribution in [0.5, 0.6) is 0 Å². The summed E-state index contributed by atoms with van der Waals surface area (Å²) in [5, 5.41) is 0. The molecule has 2 unspecified atom stereocenters.